The molecule has 3 N–H and O–H groups in total. The molecule has 0 radical (unpaired) electrons. The number of nitrogens with two attached hydrogens (primary N) is 1. The number of fused-ring (bicyclic) bond motifs is 2. The standard InChI is InChI=1S/C17H24N2O/c18-11-15(8-12-4-2-1-3-5-12)17(20)19-16-10-13-6-7-14(16)9-13/h1-5,13-16H,6-11,18H2,(H,19,20). The monoisotopic (exact) mass is 272 g/mol. The first-order valence-electron chi connectivity index (χ1n) is 7.80. The normalized spacial score (nSPS) is 29.4. The first-order valence-corrected chi connectivity index (χ1v) is 7.80. The predicted octanol–water partition coefficient (Wildman–Crippen LogP) is 2.11. The van der Waals surface area contributed by atoms with Gasteiger partial charge in [0.05, 0.1) is 5.92 Å². The minimum atomic E-state index is -0.100. The average molecular weight is 272 g/mol. The maximum absolute atomic E-state index is 12.4. The van der Waals surface area contributed by atoms with Crippen molar-refractivity contribution in [2.45, 2.75) is 38.1 Å². The molecule has 2 bridgehead atoms. The van der Waals surface area contributed by atoms with Gasteiger partial charge in [-0.15, -0.1) is 0 Å². The van der Waals surface area contributed by atoms with Gasteiger partial charge in [-0.3, -0.25) is 4.79 Å². The van der Waals surface area contributed by atoms with Crippen LogP contribution >= 0.6 is 0 Å². The lowest BCUT2D eigenvalue weighted by molar-refractivity contribution is -0.125. The van der Waals surface area contributed by atoms with Crippen LogP contribution in [-0.2, 0) is 11.2 Å². The van der Waals surface area contributed by atoms with E-state index in [4.69, 9.17) is 5.73 Å². The molecule has 0 saturated heterocycles. The number of carbonyl (C=O) groups is 1. The van der Waals surface area contributed by atoms with Crippen LogP contribution in [0.4, 0.5) is 0 Å². The van der Waals surface area contributed by atoms with E-state index in [2.05, 4.69) is 17.4 Å². The topological polar surface area (TPSA) is 55.1 Å². The van der Waals surface area contributed by atoms with Crippen LogP contribution in [-0.4, -0.2) is 18.5 Å². The summed E-state index contributed by atoms with van der Waals surface area (Å²) in [6.45, 7) is 0.418. The Morgan fingerprint density at radius 1 is 1.25 bits per heavy atom. The first-order chi connectivity index (χ1) is 9.76. The van der Waals surface area contributed by atoms with Gasteiger partial charge < -0.3 is 11.1 Å². The third-order valence-corrected chi connectivity index (χ3v) is 5.05. The zero-order valence-corrected chi connectivity index (χ0v) is 11.9. The third kappa shape index (κ3) is 2.88. The Balaban J connectivity index is 1.57. The van der Waals surface area contributed by atoms with Crippen LogP contribution < -0.4 is 11.1 Å². The Morgan fingerprint density at radius 2 is 2.05 bits per heavy atom. The first kappa shape index (κ1) is 13.6. The van der Waals surface area contributed by atoms with Crippen LogP contribution in [0.3, 0.4) is 0 Å². The largest absolute Gasteiger partial charge is 0.353 e. The number of nitrogens with one attached hydrogen (secondary N) is 1. The van der Waals surface area contributed by atoms with Crippen molar-refractivity contribution in [1.82, 2.24) is 5.32 Å². The zero-order valence-electron chi connectivity index (χ0n) is 11.9. The minimum Gasteiger partial charge on any atom is -0.353 e. The molecule has 1 aromatic carbocycles. The molecule has 0 aromatic heterocycles. The predicted molar refractivity (Wildman–Crippen MR) is 80.1 cm³/mol. The lowest BCUT2D eigenvalue weighted by Gasteiger charge is -2.25. The van der Waals surface area contributed by atoms with Crippen molar-refractivity contribution in [2.75, 3.05) is 6.54 Å². The number of carbonyl (C=O) groups excluding carboxylic acids is 1. The van der Waals surface area contributed by atoms with E-state index in [-0.39, 0.29) is 11.8 Å². The molecule has 1 amide bonds. The third-order valence-electron chi connectivity index (χ3n) is 5.05. The SMILES string of the molecule is NCC(Cc1ccccc1)C(=O)NC1CC2CCC1C2. The van der Waals surface area contributed by atoms with Crippen molar-refractivity contribution in [3.05, 3.63) is 35.9 Å². The lowest BCUT2D eigenvalue weighted by Crippen LogP contribution is -2.44. The van der Waals surface area contributed by atoms with Gasteiger partial charge in [-0.25, -0.2) is 0 Å². The fourth-order valence-electron chi connectivity index (χ4n) is 3.90. The molecular formula is C17H24N2O. The Morgan fingerprint density at radius 3 is 2.65 bits per heavy atom. The maximum Gasteiger partial charge on any atom is 0.224 e. The molecule has 2 fully saturated rings. The van der Waals surface area contributed by atoms with Crippen molar-refractivity contribution in [3.63, 3.8) is 0 Å². The Kier molecular flexibility index (Phi) is 4.06. The summed E-state index contributed by atoms with van der Waals surface area (Å²) >= 11 is 0. The van der Waals surface area contributed by atoms with Crippen molar-refractivity contribution in [1.29, 1.82) is 0 Å². The molecule has 1 aromatic rings. The van der Waals surface area contributed by atoms with E-state index in [1.54, 1.807) is 0 Å². The van der Waals surface area contributed by atoms with Crippen LogP contribution in [0.5, 0.6) is 0 Å². The molecule has 0 aliphatic heterocycles. The summed E-state index contributed by atoms with van der Waals surface area (Å²) in [4.78, 5) is 12.4. The molecule has 3 rings (SSSR count). The molecule has 4 atom stereocenters. The van der Waals surface area contributed by atoms with E-state index >= 15 is 0 Å². The second-order valence-corrected chi connectivity index (χ2v) is 6.41. The van der Waals surface area contributed by atoms with Gasteiger partial charge in [0.15, 0.2) is 0 Å². The van der Waals surface area contributed by atoms with Crippen LogP contribution in [0.25, 0.3) is 0 Å². The molecule has 4 unspecified atom stereocenters. The molecule has 0 spiro atoms. The van der Waals surface area contributed by atoms with E-state index in [0.29, 0.717) is 12.6 Å². The summed E-state index contributed by atoms with van der Waals surface area (Å²) in [5.41, 5.74) is 7.00. The number of hydrogen-bond acceptors (Lipinski definition) is 2. The molecular weight excluding hydrogens is 248 g/mol. The van der Waals surface area contributed by atoms with Crippen molar-refractivity contribution < 1.29 is 4.79 Å². The summed E-state index contributed by atoms with van der Waals surface area (Å²) in [5.74, 6) is 1.63. The van der Waals surface area contributed by atoms with Crippen molar-refractivity contribution in [2.24, 2.45) is 23.5 Å². The highest BCUT2D eigenvalue weighted by atomic mass is 16.2. The quantitative estimate of drug-likeness (QED) is 0.862. The number of benzene rings is 1. The molecule has 2 aliphatic carbocycles. The Hall–Kier alpha value is -1.35. The van der Waals surface area contributed by atoms with Crippen molar-refractivity contribution >= 4 is 5.91 Å². The smallest absolute Gasteiger partial charge is 0.224 e. The molecule has 3 nitrogen and oxygen atoms in total. The minimum absolute atomic E-state index is 0.100. The van der Waals surface area contributed by atoms with Crippen molar-refractivity contribution in [3.8, 4) is 0 Å². The molecule has 0 heterocycles. The molecule has 2 saturated carbocycles. The fraction of sp³-hybridized carbons (Fsp3) is 0.588. The van der Waals surface area contributed by atoms with Gasteiger partial charge in [0.2, 0.25) is 5.91 Å². The summed E-state index contributed by atoms with van der Waals surface area (Å²) in [5, 5.41) is 3.26. The second kappa shape index (κ2) is 5.96. The molecule has 108 valence electrons. The number of hydrogen-bond donors (Lipinski definition) is 2. The summed E-state index contributed by atoms with van der Waals surface area (Å²) in [7, 11) is 0. The average Bonchev–Trinajstić information content (AvgIpc) is 3.08. The highest BCUT2D eigenvalue weighted by molar-refractivity contribution is 5.79. The van der Waals surface area contributed by atoms with E-state index in [1.165, 1.54) is 31.2 Å². The van der Waals surface area contributed by atoms with Crippen LogP contribution in [0.15, 0.2) is 30.3 Å². The number of rotatable bonds is 5. The van der Waals surface area contributed by atoms with Gasteiger partial charge in [0.25, 0.3) is 0 Å². The summed E-state index contributed by atoms with van der Waals surface area (Å²) in [6.07, 6.45) is 5.89. The van der Waals surface area contributed by atoms with E-state index in [9.17, 15) is 4.79 Å². The maximum atomic E-state index is 12.4. The second-order valence-electron chi connectivity index (χ2n) is 6.41. The highest BCUT2D eigenvalue weighted by Gasteiger charge is 2.40. The van der Waals surface area contributed by atoms with E-state index in [0.717, 1.165) is 18.3 Å². The van der Waals surface area contributed by atoms with Crippen LogP contribution in [0, 0.1) is 17.8 Å². The molecule has 3 heteroatoms. The summed E-state index contributed by atoms with van der Waals surface area (Å²) in [6, 6.07) is 10.6. The van der Waals surface area contributed by atoms with Gasteiger partial charge in [-0.1, -0.05) is 36.8 Å². The lowest BCUT2D eigenvalue weighted by atomic mass is 9.93. The van der Waals surface area contributed by atoms with E-state index in [1.807, 2.05) is 18.2 Å². The van der Waals surface area contributed by atoms with Gasteiger partial charge in [0, 0.05) is 12.6 Å². The van der Waals surface area contributed by atoms with Gasteiger partial charge in [-0.05, 0) is 43.1 Å². The Bertz CT molecular complexity index is 459. The van der Waals surface area contributed by atoms with Gasteiger partial charge in [0.1, 0.15) is 0 Å². The van der Waals surface area contributed by atoms with Gasteiger partial charge in [-0.2, -0.15) is 0 Å². The zero-order chi connectivity index (χ0) is 13.9. The number of amides is 1. The van der Waals surface area contributed by atoms with E-state index < -0.39 is 0 Å². The molecule has 20 heavy (non-hydrogen) atoms. The summed E-state index contributed by atoms with van der Waals surface area (Å²) < 4.78 is 0. The fourth-order valence-corrected chi connectivity index (χ4v) is 3.90. The Labute approximate surface area is 120 Å². The van der Waals surface area contributed by atoms with Gasteiger partial charge >= 0.3 is 0 Å². The van der Waals surface area contributed by atoms with Crippen LogP contribution in [0.1, 0.15) is 31.2 Å². The molecule has 2 aliphatic rings. The highest BCUT2D eigenvalue weighted by Crippen LogP contribution is 2.44. The van der Waals surface area contributed by atoms with Crippen LogP contribution in [0.2, 0.25) is 0 Å².